The van der Waals surface area contributed by atoms with Crippen LogP contribution in [0, 0.1) is 0 Å². The number of hydrogen-bond donors (Lipinski definition) is 1. The molecule has 0 atom stereocenters. The molecule has 1 N–H and O–H groups in total. The third-order valence-corrected chi connectivity index (χ3v) is 3.07. The Bertz CT molecular complexity index is 538. The van der Waals surface area contributed by atoms with E-state index in [4.69, 9.17) is 0 Å². The van der Waals surface area contributed by atoms with E-state index in [1.807, 2.05) is 19.1 Å². The molecule has 2 aromatic heterocycles. The molecule has 18 heavy (non-hydrogen) atoms. The first-order valence-corrected chi connectivity index (χ1v) is 6.40. The average molecular weight is 309 g/mol. The summed E-state index contributed by atoms with van der Waals surface area (Å²) in [6, 6.07) is 3.76. The SMILES string of the molecule is CCn1ncc(Br)c1C(=O)NCc1cccnc1. The van der Waals surface area contributed by atoms with Crippen LogP contribution < -0.4 is 5.32 Å². The van der Waals surface area contributed by atoms with Crippen molar-refractivity contribution in [3.63, 3.8) is 0 Å². The second-order valence-electron chi connectivity index (χ2n) is 3.70. The fourth-order valence-electron chi connectivity index (χ4n) is 1.60. The fraction of sp³-hybridized carbons (Fsp3) is 0.250. The van der Waals surface area contributed by atoms with Gasteiger partial charge in [-0.05, 0) is 34.5 Å². The molecule has 6 heteroatoms. The van der Waals surface area contributed by atoms with Gasteiger partial charge in [0.25, 0.3) is 5.91 Å². The highest BCUT2D eigenvalue weighted by atomic mass is 79.9. The summed E-state index contributed by atoms with van der Waals surface area (Å²) in [4.78, 5) is 16.1. The molecule has 0 aliphatic heterocycles. The van der Waals surface area contributed by atoms with E-state index in [1.54, 1.807) is 23.3 Å². The van der Waals surface area contributed by atoms with E-state index >= 15 is 0 Å². The summed E-state index contributed by atoms with van der Waals surface area (Å²) in [5.74, 6) is -0.148. The Morgan fingerprint density at radius 2 is 2.33 bits per heavy atom. The first-order valence-electron chi connectivity index (χ1n) is 5.60. The van der Waals surface area contributed by atoms with Crippen LogP contribution >= 0.6 is 15.9 Å². The summed E-state index contributed by atoms with van der Waals surface area (Å²) in [7, 11) is 0. The van der Waals surface area contributed by atoms with Crippen molar-refractivity contribution >= 4 is 21.8 Å². The lowest BCUT2D eigenvalue weighted by atomic mass is 10.3. The zero-order chi connectivity index (χ0) is 13.0. The van der Waals surface area contributed by atoms with E-state index < -0.39 is 0 Å². The number of nitrogens with one attached hydrogen (secondary N) is 1. The zero-order valence-electron chi connectivity index (χ0n) is 9.93. The second-order valence-corrected chi connectivity index (χ2v) is 4.56. The van der Waals surface area contributed by atoms with Gasteiger partial charge in [0, 0.05) is 25.5 Å². The third-order valence-electron chi connectivity index (χ3n) is 2.49. The first-order chi connectivity index (χ1) is 8.72. The summed E-state index contributed by atoms with van der Waals surface area (Å²) in [5.41, 5.74) is 1.51. The molecule has 0 radical (unpaired) electrons. The Morgan fingerprint density at radius 1 is 1.50 bits per heavy atom. The van der Waals surface area contributed by atoms with Gasteiger partial charge in [-0.2, -0.15) is 5.10 Å². The van der Waals surface area contributed by atoms with Gasteiger partial charge < -0.3 is 5.32 Å². The van der Waals surface area contributed by atoms with Crippen LogP contribution in [0.5, 0.6) is 0 Å². The van der Waals surface area contributed by atoms with Gasteiger partial charge in [-0.1, -0.05) is 6.07 Å². The standard InChI is InChI=1S/C12H13BrN4O/c1-2-17-11(10(13)8-16-17)12(18)15-7-9-4-3-5-14-6-9/h3-6,8H,2,7H2,1H3,(H,15,18). The van der Waals surface area contributed by atoms with Gasteiger partial charge in [-0.3, -0.25) is 14.5 Å². The average Bonchev–Trinajstić information content (AvgIpc) is 2.78. The molecular weight excluding hydrogens is 296 g/mol. The first kappa shape index (κ1) is 12.8. The maximum absolute atomic E-state index is 12.1. The quantitative estimate of drug-likeness (QED) is 0.939. The van der Waals surface area contributed by atoms with E-state index in [1.165, 1.54) is 0 Å². The fourth-order valence-corrected chi connectivity index (χ4v) is 2.07. The smallest absolute Gasteiger partial charge is 0.270 e. The molecule has 1 amide bonds. The molecule has 0 aliphatic carbocycles. The molecule has 0 unspecified atom stereocenters. The number of carbonyl (C=O) groups excluding carboxylic acids is 1. The number of amides is 1. The van der Waals surface area contributed by atoms with Gasteiger partial charge in [0.1, 0.15) is 5.69 Å². The molecule has 0 aliphatic rings. The lowest BCUT2D eigenvalue weighted by Crippen LogP contribution is -2.26. The van der Waals surface area contributed by atoms with Crippen molar-refractivity contribution in [1.29, 1.82) is 0 Å². The minimum Gasteiger partial charge on any atom is -0.347 e. The molecule has 94 valence electrons. The predicted molar refractivity (Wildman–Crippen MR) is 71.0 cm³/mol. The Morgan fingerprint density at radius 3 is 3.00 bits per heavy atom. The van der Waals surface area contributed by atoms with Crippen LogP contribution in [0.3, 0.4) is 0 Å². The van der Waals surface area contributed by atoms with Gasteiger partial charge in [0.05, 0.1) is 10.7 Å². The molecule has 2 aromatic rings. The number of carbonyl (C=O) groups is 1. The minimum atomic E-state index is -0.148. The number of aromatic nitrogens is 3. The predicted octanol–water partition coefficient (Wildman–Crippen LogP) is 1.99. The Labute approximate surface area is 113 Å². The van der Waals surface area contributed by atoms with Gasteiger partial charge in [-0.25, -0.2) is 0 Å². The van der Waals surface area contributed by atoms with Crippen LogP contribution in [0.1, 0.15) is 23.0 Å². The summed E-state index contributed by atoms with van der Waals surface area (Å²) in [6.07, 6.45) is 5.06. The van der Waals surface area contributed by atoms with Gasteiger partial charge in [0.15, 0.2) is 0 Å². The summed E-state index contributed by atoms with van der Waals surface area (Å²) >= 11 is 3.33. The van der Waals surface area contributed by atoms with Gasteiger partial charge in [-0.15, -0.1) is 0 Å². The molecule has 5 nitrogen and oxygen atoms in total. The molecule has 2 rings (SSSR count). The van der Waals surface area contributed by atoms with E-state index in [0.29, 0.717) is 23.3 Å². The summed E-state index contributed by atoms with van der Waals surface area (Å²) < 4.78 is 2.36. The van der Waals surface area contributed by atoms with Crippen molar-refractivity contribution in [1.82, 2.24) is 20.1 Å². The van der Waals surface area contributed by atoms with Gasteiger partial charge in [0.2, 0.25) is 0 Å². The van der Waals surface area contributed by atoms with Crippen molar-refractivity contribution in [3.8, 4) is 0 Å². The normalized spacial score (nSPS) is 10.3. The van der Waals surface area contributed by atoms with E-state index in [-0.39, 0.29) is 5.91 Å². The number of rotatable bonds is 4. The summed E-state index contributed by atoms with van der Waals surface area (Å²) in [6.45, 7) is 3.05. The summed E-state index contributed by atoms with van der Waals surface area (Å²) in [5, 5.41) is 6.95. The molecule has 0 bridgehead atoms. The maximum atomic E-state index is 12.1. The molecule has 0 spiro atoms. The van der Waals surface area contributed by atoms with Crippen molar-refractivity contribution in [2.45, 2.75) is 20.0 Å². The van der Waals surface area contributed by atoms with Gasteiger partial charge >= 0.3 is 0 Å². The highest BCUT2D eigenvalue weighted by Gasteiger charge is 2.15. The highest BCUT2D eigenvalue weighted by molar-refractivity contribution is 9.10. The largest absolute Gasteiger partial charge is 0.347 e. The van der Waals surface area contributed by atoms with Crippen LogP contribution in [-0.2, 0) is 13.1 Å². The Balaban J connectivity index is 2.06. The van der Waals surface area contributed by atoms with Crippen LogP contribution in [0.15, 0.2) is 35.2 Å². The maximum Gasteiger partial charge on any atom is 0.270 e. The lowest BCUT2D eigenvalue weighted by Gasteiger charge is -2.07. The topological polar surface area (TPSA) is 59.8 Å². The Hall–Kier alpha value is -1.69. The minimum absolute atomic E-state index is 0.148. The van der Waals surface area contributed by atoms with Crippen molar-refractivity contribution in [2.75, 3.05) is 0 Å². The van der Waals surface area contributed by atoms with E-state index in [9.17, 15) is 4.79 Å². The number of halogens is 1. The van der Waals surface area contributed by atoms with Crippen LogP contribution in [0.2, 0.25) is 0 Å². The molecule has 0 saturated heterocycles. The van der Waals surface area contributed by atoms with Crippen molar-refractivity contribution in [2.24, 2.45) is 0 Å². The number of aryl methyl sites for hydroxylation is 1. The van der Waals surface area contributed by atoms with E-state index in [2.05, 4.69) is 31.3 Å². The monoisotopic (exact) mass is 308 g/mol. The Kier molecular flexibility index (Phi) is 4.09. The lowest BCUT2D eigenvalue weighted by molar-refractivity contribution is 0.0939. The highest BCUT2D eigenvalue weighted by Crippen LogP contribution is 2.15. The number of pyridine rings is 1. The molecule has 2 heterocycles. The molecule has 0 aromatic carbocycles. The molecular formula is C12H13BrN4O. The van der Waals surface area contributed by atoms with Crippen LogP contribution in [0.4, 0.5) is 0 Å². The third kappa shape index (κ3) is 2.76. The molecule has 0 saturated carbocycles. The van der Waals surface area contributed by atoms with Crippen molar-refractivity contribution in [3.05, 3.63) is 46.5 Å². The second kappa shape index (κ2) is 5.77. The van der Waals surface area contributed by atoms with Crippen LogP contribution in [0.25, 0.3) is 0 Å². The molecule has 0 fully saturated rings. The zero-order valence-corrected chi connectivity index (χ0v) is 11.5. The van der Waals surface area contributed by atoms with Crippen LogP contribution in [-0.4, -0.2) is 20.7 Å². The van der Waals surface area contributed by atoms with E-state index in [0.717, 1.165) is 5.56 Å². The number of nitrogens with zero attached hydrogens (tertiary/aromatic N) is 3. The van der Waals surface area contributed by atoms with Crippen molar-refractivity contribution < 1.29 is 4.79 Å². The number of hydrogen-bond acceptors (Lipinski definition) is 3.